The Morgan fingerprint density at radius 3 is 2.78 bits per heavy atom. The molecule has 1 aromatic rings. The molecule has 1 heterocycles. The lowest BCUT2D eigenvalue weighted by atomic mass is 10.4. The minimum absolute atomic E-state index is 0.260. The second kappa shape index (κ2) is 5.90. The van der Waals surface area contributed by atoms with Gasteiger partial charge in [-0.3, -0.25) is 0 Å². The highest BCUT2D eigenvalue weighted by Crippen LogP contribution is 2.33. The fraction of sp³-hybridized carbons (Fsp3) is 0.667. The Labute approximate surface area is 118 Å². The molecule has 0 N–H and O–H groups in total. The van der Waals surface area contributed by atoms with Gasteiger partial charge in [-0.2, -0.15) is 4.31 Å². The largest absolute Gasteiger partial charge is 0.244 e. The molecule has 102 valence electrons. The van der Waals surface area contributed by atoms with Crippen molar-refractivity contribution < 1.29 is 8.42 Å². The van der Waals surface area contributed by atoms with Crippen LogP contribution in [0.5, 0.6) is 0 Å². The molecule has 0 unspecified atom stereocenters. The van der Waals surface area contributed by atoms with Crippen LogP contribution < -0.4 is 0 Å². The molecule has 1 saturated carbocycles. The third kappa shape index (κ3) is 3.07. The summed E-state index contributed by atoms with van der Waals surface area (Å²) in [4.78, 5) is 1.14. The average molecular weight is 308 g/mol. The molecule has 2 rings (SSSR count). The van der Waals surface area contributed by atoms with Gasteiger partial charge in [-0.15, -0.1) is 22.9 Å². The van der Waals surface area contributed by atoms with Crippen LogP contribution in [-0.4, -0.2) is 25.8 Å². The van der Waals surface area contributed by atoms with E-state index in [4.69, 9.17) is 11.6 Å². The Kier molecular flexibility index (Phi) is 4.69. The molecule has 0 bridgehead atoms. The van der Waals surface area contributed by atoms with E-state index >= 15 is 0 Å². The van der Waals surface area contributed by atoms with Gasteiger partial charge in [-0.25, -0.2) is 8.42 Å². The quantitative estimate of drug-likeness (QED) is 0.725. The monoisotopic (exact) mass is 307 g/mol. The SMILES string of the molecule is CCCN(CC1CC1)S(=O)(=O)c1ccsc1CCl. The van der Waals surface area contributed by atoms with E-state index in [1.165, 1.54) is 11.3 Å². The fourth-order valence-corrected chi connectivity index (χ4v) is 5.22. The maximum absolute atomic E-state index is 12.6. The van der Waals surface area contributed by atoms with Gasteiger partial charge in [0.25, 0.3) is 0 Å². The molecule has 1 aliphatic rings. The first kappa shape index (κ1) is 14.3. The first-order valence-electron chi connectivity index (χ1n) is 6.22. The van der Waals surface area contributed by atoms with Gasteiger partial charge in [0.15, 0.2) is 0 Å². The number of rotatable bonds is 7. The summed E-state index contributed by atoms with van der Waals surface area (Å²) in [6.45, 7) is 3.26. The van der Waals surface area contributed by atoms with Crippen molar-refractivity contribution in [1.29, 1.82) is 0 Å². The molecular formula is C12H18ClNO2S2. The Morgan fingerprint density at radius 1 is 1.50 bits per heavy atom. The van der Waals surface area contributed by atoms with Crippen molar-refractivity contribution in [2.75, 3.05) is 13.1 Å². The van der Waals surface area contributed by atoms with Crippen LogP contribution in [0, 0.1) is 5.92 Å². The molecule has 1 aliphatic carbocycles. The highest BCUT2D eigenvalue weighted by atomic mass is 35.5. The van der Waals surface area contributed by atoms with Crippen LogP contribution in [0.15, 0.2) is 16.3 Å². The Bertz CT molecular complexity index is 494. The second-order valence-electron chi connectivity index (χ2n) is 4.65. The number of nitrogens with zero attached hydrogens (tertiary/aromatic N) is 1. The van der Waals surface area contributed by atoms with E-state index in [-0.39, 0.29) is 5.88 Å². The molecule has 0 spiro atoms. The lowest BCUT2D eigenvalue weighted by molar-refractivity contribution is 0.395. The molecule has 18 heavy (non-hydrogen) atoms. The van der Waals surface area contributed by atoms with Gasteiger partial charge in [-0.05, 0) is 36.6 Å². The van der Waals surface area contributed by atoms with E-state index in [1.807, 2.05) is 6.92 Å². The molecule has 3 nitrogen and oxygen atoms in total. The summed E-state index contributed by atoms with van der Waals surface area (Å²) in [5.74, 6) is 0.819. The van der Waals surface area contributed by atoms with E-state index in [2.05, 4.69) is 0 Å². The maximum atomic E-state index is 12.6. The van der Waals surface area contributed by atoms with Gasteiger partial charge < -0.3 is 0 Å². The summed E-state index contributed by atoms with van der Waals surface area (Å²) in [7, 11) is -3.36. The van der Waals surface area contributed by atoms with Crippen LogP contribution in [0.25, 0.3) is 0 Å². The standard InChI is InChI=1S/C12H18ClNO2S2/c1-2-6-14(9-10-3-4-10)18(15,16)12-5-7-17-11(12)8-13/h5,7,10H,2-4,6,8-9H2,1H3. The predicted octanol–water partition coefficient (Wildman–Crippen LogP) is 3.30. The molecule has 1 aromatic heterocycles. The lowest BCUT2D eigenvalue weighted by Crippen LogP contribution is -2.33. The van der Waals surface area contributed by atoms with E-state index in [1.54, 1.807) is 15.8 Å². The first-order chi connectivity index (χ1) is 8.59. The molecule has 0 amide bonds. The molecular weight excluding hydrogens is 290 g/mol. The van der Waals surface area contributed by atoms with Crippen LogP contribution in [0.3, 0.4) is 0 Å². The van der Waals surface area contributed by atoms with Gasteiger partial charge in [0.2, 0.25) is 10.0 Å². The van der Waals surface area contributed by atoms with E-state index < -0.39 is 10.0 Å². The van der Waals surface area contributed by atoms with Crippen LogP contribution in [0.2, 0.25) is 0 Å². The molecule has 0 radical (unpaired) electrons. The molecule has 6 heteroatoms. The van der Waals surface area contributed by atoms with Crippen molar-refractivity contribution >= 4 is 33.0 Å². The minimum Gasteiger partial charge on any atom is -0.207 e. The summed E-state index contributed by atoms with van der Waals surface area (Å²) in [6.07, 6.45) is 3.15. The number of alkyl halides is 1. The van der Waals surface area contributed by atoms with E-state index in [9.17, 15) is 8.42 Å². The highest BCUT2D eigenvalue weighted by Gasteiger charge is 2.32. The Morgan fingerprint density at radius 2 is 2.22 bits per heavy atom. The van der Waals surface area contributed by atoms with Gasteiger partial charge in [0.05, 0.1) is 10.8 Å². The Hall–Kier alpha value is -0.100. The minimum atomic E-state index is -3.36. The summed E-state index contributed by atoms with van der Waals surface area (Å²) < 4.78 is 26.8. The number of thiophene rings is 1. The first-order valence-corrected chi connectivity index (χ1v) is 9.07. The van der Waals surface area contributed by atoms with Gasteiger partial charge in [-0.1, -0.05) is 6.92 Å². The van der Waals surface area contributed by atoms with Crippen molar-refractivity contribution in [1.82, 2.24) is 4.31 Å². The predicted molar refractivity (Wildman–Crippen MR) is 75.6 cm³/mol. The molecule has 0 aromatic carbocycles. The lowest BCUT2D eigenvalue weighted by Gasteiger charge is -2.21. The molecule has 0 atom stereocenters. The zero-order valence-corrected chi connectivity index (χ0v) is 12.8. The van der Waals surface area contributed by atoms with Gasteiger partial charge in [0.1, 0.15) is 0 Å². The zero-order valence-electron chi connectivity index (χ0n) is 10.4. The third-order valence-corrected chi connectivity index (χ3v) is 6.50. The van der Waals surface area contributed by atoms with Crippen molar-refractivity contribution in [3.63, 3.8) is 0 Å². The average Bonchev–Trinajstić information content (AvgIpc) is 3.02. The van der Waals surface area contributed by atoms with Crippen molar-refractivity contribution in [2.45, 2.75) is 37.0 Å². The van der Waals surface area contributed by atoms with Crippen LogP contribution in [0.1, 0.15) is 31.1 Å². The third-order valence-electron chi connectivity index (χ3n) is 3.08. The Balaban J connectivity index is 2.25. The van der Waals surface area contributed by atoms with Gasteiger partial charge >= 0.3 is 0 Å². The van der Waals surface area contributed by atoms with Crippen LogP contribution in [-0.2, 0) is 15.9 Å². The fourth-order valence-electron chi connectivity index (χ4n) is 1.94. The van der Waals surface area contributed by atoms with Gasteiger partial charge in [0, 0.05) is 18.0 Å². The summed E-state index contributed by atoms with van der Waals surface area (Å²) in [5, 5.41) is 1.80. The molecule has 0 aliphatic heterocycles. The van der Waals surface area contributed by atoms with Crippen LogP contribution >= 0.6 is 22.9 Å². The number of halogens is 1. The second-order valence-corrected chi connectivity index (χ2v) is 7.82. The number of hydrogen-bond acceptors (Lipinski definition) is 3. The van der Waals surface area contributed by atoms with Crippen LogP contribution in [0.4, 0.5) is 0 Å². The zero-order chi connectivity index (χ0) is 13.2. The molecule has 0 saturated heterocycles. The smallest absolute Gasteiger partial charge is 0.207 e. The number of sulfonamides is 1. The summed E-state index contributed by atoms with van der Waals surface area (Å²) >= 11 is 7.22. The van der Waals surface area contributed by atoms with E-state index in [0.717, 1.165) is 24.1 Å². The summed E-state index contributed by atoms with van der Waals surface area (Å²) in [5.41, 5.74) is 0. The van der Waals surface area contributed by atoms with Crippen molar-refractivity contribution in [3.05, 3.63) is 16.3 Å². The highest BCUT2D eigenvalue weighted by molar-refractivity contribution is 7.89. The van der Waals surface area contributed by atoms with Crippen molar-refractivity contribution in [3.8, 4) is 0 Å². The van der Waals surface area contributed by atoms with Crippen molar-refractivity contribution in [2.24, 2.45) is 5.92 Å². The molecule has 1 fully saturated rings. The maximum Gasteiger partial charge on any atom is 0.244 e. The number of hydrogen-bond donors (Lipinski definition) is 0. The topological polar surface area (TPSA) is 37.4 Å². The summed E-state index contributed by atoms with van der Waals surface area (Å²) in [6, 6.07) is 1.67. The normalized spacial score (nSPS) is 16.4. The van der Waals surface area contributed by atoms with E-state index in [0.29, 0.717) is 23.9 Å².